The molecule has 100 valence electrons. The van der Waals surface area contributed by atoms with Crippen LogP contribution in [0, 0.1) is 6.92 Å². The predicted octanol–water partition coefficient (Wildman–Crippen LogP) is 2.96. The lowest BCUT2D eigenvalue weighted by molar-refractivity contribution is 0.0690. The second-order valence-corrected chi connectivity index (χ2v) is 5.50. The van der Waals surface area contributed by atoms with Crippen molar-refractivity contribution >= 4 is 33.8 Å². The van der Waals surface area contributed by atoms with Gasteiger partial charge in [0.25, 0.3) is 0 Å². The van der Waals surface area contributed by atoms with Crippen LogP contribution in [0.3, 0.4) is 0 Å². The highest BCUT2D eigenvalue weighted by atomic mass is 32.1. The number of hydrogen-bond donors (Lipinski definition) is 2. The van der Waals surface area contributed by atoms with Crippen LogP contribution in [-0.4, -0.2) is 30.2 Å². The molecule has 2 rings (SSSR count). The zero-order chi connectivity index (χ0) is 14.0. The molecule has 1 heterocycles. The summed E-state index contributed by atoms with van der Waals surface area (Å²) < 4.78 is 0. The molecule has 0 unspecified atom stereocenters. The fourth-order valence-electron chi connectivity index (χ4n) is 1.63. The maximum absolute atomic E-state index is 10.9. The van der Waals surface area contributed by atoms with Gasteiger partial charge in [-0.25, -0.2) is 9.78 Å². The first-order valence-electron chi connectivity index (χ1n) is 5.72. The van der Waals surface area contributed by atoms with E-state index in [1.165, 1.54) is 11.3 Å². The number of aryl methyl sites for hydroxylation is 1. The zero-order valence-electron chi connectivity index (χ0n) is 11.0. The molecule has 0 amide bonds. The molecular weight excluding hydrogens is 262 g/mol. The number of aromatic carboxylic acids is 1. The number of nitrogens with zero attached hydrogens (tertiary/aromatic N) is 2. The van der Waals surface area contributed by atoms with E-state index < -0.39 is 5.97 Å². The number of carboxylic acids is 1. The first-order chi connectivity index (χ1) is 8.97. The summed E-state index contributed by atoms with van der Waals surface area (Å²) in [6, 6.07) is 7.85. The molecular formula is C13H15N3O2S. The van der Waals surface area contributed by atoms with E-state index in [1.54, 1.807) is 6.92 Å². The molecule has 0 saturated heterocycles. The Labute approximate surface area is 115 Å². The van der Waals surface area contributed by atoms with E-state index in [2.05, 4.69) is 10.3 Å². The smallest absolute Gasteiger partial charge is 0.355 e. The Balaban J connectivity index is 2.24. The monoisotopic (exact) mass is 277 g/mol. The molecule has 0 aliphatic rings. The molecule has 1 aromatic heterocycles. The van der Waals surface area contributed by atoms with Crippen LogP contribution in [0.4, 0.5) is 16.5 Å². The predicted molar refractivity (Wildman–Crippen MR) is 77.9 cm³/mol. The Morgan fingerprint density at radius 2 is 2.16 bits per heavy atom. The van der Waals surface area contributed by atoms with Crippen molar-refractivity contribution in [2.24, 2.45) is 0 Å². The number of benzene rings is 1. The Morgan fingerprint density at radius 1 is 1.42 bits per heavy atom. The number of anilines is 3. The van der Waals surface area contributed by atoms with Gasteiger partial charge in [0.05, 0.1) is 0 Å². The van der Waals surface area contributed by atoms with Crippen molar-refractivity contribution in [3.05, 3.63) is 34.8 Å². The Bertz CT molecular complexity index is 608. The van der Waals surface area contributed by atoms with Gasteiger partial charge < -0.3 is 15.3 Å². The molecule has 2 N–H and O–H groups in total. The molecule has 0 fully saturated rings. The summed E-state index contributed by atoms with van der Waals surface area (Å²) in [5.74, 6) is -0.996. The summed E-state index contributed by atoms with van der Waals surface area (Å²) >= 11 is 1.34. The van der Waals surface area contributed by atoms with Crippen LogP contribution >= 0.6 is 11.3 Å². The molecule has 0 radical (unpaired) electrons. The molecule has 19 heavy (non-hydrogen) atoms. The Hall–Kier alpha value is -2.08. The summed E-state index contributed by atoms with van der Waals surface area (Å²) in [5.41, 5.74) is 2.06. The highest BCUT2D eigenvalue weighted by molar-refractivity contribution is 7.15. The topological polar surface area (TPSA) is 65.5 Å². The fraction of sp³-hybridized carbons (Fsp3) is 0.231. The minimum absolute atomic E-state index is 0.108. The van der Waals surface area contributed by atoms with E-state index in [9.17, 15) is 4.79 Å². The minimum Gasteiger partial charge on any atom is -0.476 e. The van der Waals surface area contributed by atoms with Crippen LogP contribution in [0.2, 0.25) is 0 Å². The molecule has 5 nitrogen and oxygen atoms in total. The standard InChI is InChI=1S/C13H15N3O2S/c1-8-11(12(17)18)15-13(19-8)14-9-5-4-6-10(7-9)16(2)3/h4-7H,1-3H3,(H,14,15)(H,17,18). The molecule has 0 saturated carbocycles. The van der Waals surface area contributed by atoms with Crippen molar-refractivity contribution < 1.29 is 9.90 Å². The highest BCUT2D eigenvalue weighted by Crippen LogP contribution is 2.27. The van der Waals surface area contributed by atoms with Gasteiger partial charge >= 0.3 is 5.97 Å². The average molecular weight is 277 g/mol. The Kier molecular flexibility index (Phi) is 3.71. The molecule has 1 aromatic carbocycles. The molecule has 2 aromatic rings. The summed E-state index contributed by atoms with van der Waals surface area (Å²) in [4.78, 5) is 17.7. The normalized spacial score (nSPS) is 10.3. The summed E-state index contributed by atoms with van der Waals surface area (Å²) in [5, 5.41) is 12.7. The lowest BCUT2D eigenvalue weighted by atomic mass is 10.2. The summed E-state index contributed by atoms with van der Waals surface area (Å²) in [6.45, 7) is 1.75. The number of aromatic nitrogens is 1. The largest absolute Gasteiger partial charge is 0.476 e. The van der Waals surface area contributed by atoms with E-state index in [4.69, 9.17) is 5.11 Å². The van der Waals surface area contributed by atoms with Gasteiger partial charge in [-0.3, -0.25) is 0 Å². The van der Waals surface area contributed by atoms with E-state index in [0.717, 1.165) is 11.4 Å². The van der Waals surface area contributed by atoms with Crippen LogP contribution in [-0.2, 0) is 0 Å². The molecule has 0 aliphatic heterocycles. The SMILES string of the molecule is Cc1sc(Nc2cccc(N(C)C)c2)nc1C(=O)O. The molecule has 0 bridgehead atoms. The number of thiazole rings is 1. The maximum Gasteiger partial charge on any atom is 0.355 e. The van der Waals surface area contributed by atoms with Crippen LogP contribution < -0.4 is 10.2 Å². The van der Waals surface area contributed by atoms with Gasteiger partial charge in [-0.2, -0.15) is 0 Å². The van der Waals surface area contributed by atoms with Crippen molar-refractivity contribution in [1.29, 1.82) is 0 Å². The van der Waals surface area contributed by atoms with Crippen molar-refractivity contribution in [2.45, 2.75) is 6.92 Å². The van der Waals surface area contributed by atoms with E-state index >= 15 is 0 Å². The van der Waals surface area contributed by atoms with Gasteiger partial charge in [-0.05, 0) is 25.1 Å². The third-order valence-electron chi connectivity index (χ3n) is 2.61. The van der Waals surface area contributed by atoms with Gasteiger partial charge in [0.15, 0.2) is 10.8 Å². The second kappa shape index (κ2) is 5.27. The lowest BCUT2D eigenvalue weighted by Crippen LogP contribution is -2.08. The van der Waals surface area contributed by atoms with Crippen molar-refractivity contribution in [1.82, 2.24) is 4.98 Å². The molecule has 0 spiro atoms. The molecule has 6 heteroatoms. The zero-order valence-corrected chi connectivity index (χ0v) is 11.8. The third kappa shape index (κ3) is 3.03. The third-order valence-corrected chi connectivity index (χ3v) is 3.50. The van der Waals surface area contributed by atoms with Gasteiger partial charge in [-0.15, -0.1) is 11.3 Å². The quantitative estimate of drug-likeness (QED) is 0.899. The van der Waals surface area contributed by atoms with Crippen molar-refractivity contribution in [2.75, 3.05) is 24.3 Å². The number of hydrogen-bond acceptors (Lipinski definition) is 5. The first kappa shape index (κ1) is 13.4. The number of carboxylic acid groups (broad SMARTS) is 1. The number of carbonyl (C=O) groups is 1. The fourth-order valence-corrected chi connectivity index (χ4v) is 2.46. The second-order valence-electron chi connectivity index (χ2n) is 4.30. The maximum atomic E-state index is 10.9. The van der Waals surface area contributed by atoms with Crippen molar-refractivity contribution in [3.63, 3.8) is 0 Å². The van der Waals surface area contributed by atoms with Crippen LogP contribution in [0.25, 0.3) is 0 Å². The van der Waals surface area contributed by atoms with Gasteiger partial charge in [0, 0.05) is 30.3 Å². The lowest BCUT2D eigenvalue weighted by Gasteiger charge is -2.13. The minimum atomic E-state index is -0.996. The average Bonchev–Trinajstić information content (AvgIpc) is 2.70. The number of rotatable bonds is 4. The van der Waals surface area contributed by atoms with E-state index in [1.807, 2.05) is 43.3 Å². The highest BCUT2D eigenvalue weighted by Gasteiger charge is 2.14. The van der Waals surface area contributed by atoms with E-state index in [-0.39, 0.29) is 5.69 Å². The van der Waals surface area contributed by atoms with Gasteiger partial charge in [0.1, 0.15) is 0 Å². The van der Waals surface area contributed by atoms with Gasteiger partial charge in [0.2, 0.25) is 0 Å². The molecule has 0 atom stereocenters. The molecule has 0 aliphatic carbocycles. The van der Waals surface area contributed by atoms with Crippen molar-refractivity contribution in [3.8, 4) is 0 Å². The van der Waals surface area contributed by atoms with Gasteiger partial charge in [-0.1, -0.05) is 6.07 Å². The summed E-state index contributed by atoms with van der Waals surface area (Å²) in [7, 11) is 3.93. The van der Waals surface area contributed by atoms with E-state index in [0.29, 0.717) is 10.0 Å². The first-order valence-corrected chi connectivity index (χ1v) is 6.54. The van der Waals surface area contributed by atoms with Crippen LogP contribution in [0.1, 0.15) is 15.4 Å². The van der Waals surface area contributed by atoms with Crippen LogP contribution in [0.5, 0.6) is 0 Å². The van der Waals surface area contributed by atoms with Crippen LogP contribution in [0.15, 0.2) is 24.3 Å². The number of nitrogens with one attached hydrogen (secondary N) is 1. The Morgan fingerprint density at radius 3 is 2.74 bits per heavy atom. The summed E-state index contributed by atoms with van der Waals surface area (Å²) in [6.07, 6.45) is 0.